The van der Waals surface area contributed by atoms with Gasteiger partial charge in [0, 0.05) is 23.1 Å². The minimum Gasteiger partial charge on any atom is -0.337 e. The van der Waals surface area contributed by atoms with Gasteiger partial charge in [-0.05, 0) is 57.4 Å². The van der Waals surface area contributed by atoms with Crippen LogP contribution in [0.1, 0.15) is 39.7 Å². The maximum Gasteiger partial charge on any atom is 0.272 e. The van der Waals surface area contributed by atoms with Gasteiger partial charge in [-0.25, -0.2) is 0 Å². The summed E-state index contributed by atoms with van der Waals surface area (Å²) in [6.07, 6.45) is 0. The van der Waals surface area contributed by atoms with Crippen LogP contribution in [0, 0.1) is 27.7 Å². The Morgan fingerprint density at radius 2 is 1.67 bits per heavy atom. The lowest BCUT2D eigenvalue weighted by Crippen LogP contribution is -2.19. The van der Waals surface area contributed by atoms with Crippen LogP contribution in [0.3, 0.4) is 0 Å². The molecule has 0 fully saturated rings. The predicted octanol–water partition coefficient (Wildman–Crippen LogP) is 5.15. The lowest BCUT2D eigenvalue weighted by molar-refractivity contribution is 0.101. The molecule has 24 heavy (non-hydrogen) atoms. The fourth-order valence-electron chi connectivity index (χ4n) is 3.65. The number of nitrogens with one attached hydrogen (secondary N) is 1. The van der Waals surface area contributed by atoms with E-state index in [2.05, 4.69) is 48.0 Å². The van der Waals surface area contributed by atoms with Crippen molar-refractivity contribution in [3.05, 3.63) is 64.3 Å². The number of carbonyl (C=O) groups is 1. The molecule has 3 nitrogen and oxygen atoms in total. The first-order valence-electron chi connectivity index (χ1n) is 8.41. The highest BCUT2D eigenvalue weighted by Crippen LogP contribution is 2.28. The van der Waals surface area contributed by atoms with Crippen molar-refractivity contribution in [2.45, 2.75) is 41.2 Å². The Morgan fingerprint density at radius 1 is 1.04 bits per heavy atom. The van der Waals surface area contributed by atoms with E-state index in [1.807, 2.05) is 32.9 Å². The summed E-state index contributed by atoms with van der Waals surface area (Å²) in [4.78, 5) is 13.0. The molecule has 0 radical (unpaired) electrons. The molecule has 0 saturated heterocycles. The Bertz CT molecular complexity index is 911. The molecule has 2 aromatic carbocycles. The van der Waals surface area contributed by atoms with Crippen molar-refractivity contribution in [2.75, 3.05) is 5.32 Å². The van der Waals surface area contributed by atoms with Crippen LogP contribution in [0.25, 0.3) is 10.9 Å². The largest absolute Gasteiger partial charge is 0.337 e. The van der Waals surface area contributed by atoms with Gasteiger partial charge in [-0.2, -0.15) is 0 Å². The van der Waals surface area contributed by atoms with Crippen molar-refractivity contribution in [2.24, 2.45) is 0 Å². The highest BCUT2D eigenvalue weighted by molar-refractivity contribution is 6.09. The lowest BCUT2D eigenvalue weighted by atomic mass is 10.0. The van der Waals surface area contributed by atoms with Gasteiger partial charge < -0.3 is 9.88 Å². The van der Waals surface area contributed by atoms with Crippen LogP contribution in [0.15, 0.2) is 36.4 Å². The van der Waals surface area contributed by atoms with Gasteiger partial charge in [0.1, 0.15) is 5.69 Å². The van der Waals surface area contributed by atoms with Crippen LogP contribution in [0.5, 0.6) is 0 Å². The first-order valence-corrected chi connectivity index (χ1v) is 8.41. The Balaban J connectivity index is 2.09. The molecular weight excluding hydrogens is 296 g/mol. The number of benzene rings is 2. The highest BCUT2D eigenvalue weighted by atomic mass is 16.2. The summed E-state index contributed by atoms with van der Waals surface area (Å²) in [5.41, 5.74) is 7.21. The molecule has 124 valence electrons. The molecule has 0 bridgehead atoms. The van der Waals surface area contributed by atoms with Gasteiger partial charge in [-0.3, -0.25) is 4.79 Å². The fraction of sp³-hybridized carbons (Fsp3) is 0.286. The lowest BCUT2D eigenvalue weighted by Gasteiger charge is -2.14. The number of nitrogens with zero attached hydrogens (tertiary/aromatic N) is 1. The molecule has 0 atom stereocenters. The molecule has 0 saturated carbocycles. The summed E-state index contributed by atoms with van der Waals surface area (Å²) in [6.45, 7) is 11.0. The number of rotatable bonds is 3. The van der Waals surface area contributed by atoms with Crippen LogP contribution >= 0.6 is 0 Å². The summed E-state index contributed by atoms with van der Waals surface area (Å²) < 4.78 is 2.10. The number of aryl methyl sites for hydroxylation is 5. The molecule has 3 aromatic rings. The third-order valence-electron chi connectivity index (χ3n) is 4.67. The van der Waals surface area contributed by atoms with Gasteiger partial charge in [0.05, 0.1) is 0 Å². The van der Waals surface area contributed by atoms with Crippen LogP contribution in [0.2, 0.25) is 0 Å². The number of hydrogen-bond donors (Lipinski definition) is 1. The van der Waals surface area contributed by atoms with E-state index >= 15 is 0 Å². The second-order valence-corrected chi connectivity index (χ2v) is 6.46. The van der Waals surface area contributed by atoms with E-state index in [0.29, 0.717) is 0 Å². The van der Waals surface area contributed by atoms with Crippen molar-refractivity contribution in [3.63, 3.8) is 0 Å². The molecule has 0 aliphatic heterocycles. The van der Waals surface area contributed by atoms with Crippen LogP contribution in [-0.2, 0) is 6.54 Å². The Hall–Kier alpha value is -2.55. The fourth-order valence-corrected chi connectivity index (χ4v) is 3.65. The summed E-state index contributed by atoms with van der Waals surface area (Å²) in [7, 11) is 0. The molecule has 0 unspecified atom stereocenters. The van der Waals surface area contributed by atoms with Crippen LogP contribution < -0.4 is 5.32 Å². The average Bonchev–Trinajstić information content (AvgIpc) is 2.83. The number of aromatic nitrogens is 1. The van der Waals surface area contributed by atoms with Crippen molar-refractivity contribution in [1.29, 1.82) is 0 Å². The monoisotopic (exact) mass is 320 g/mol. The summed E-state index contributed by atoms with van der Waals surface area (Å²) in [5.74, 6) is -0.0411. The maximum atomic E-state index is 13.0. The van der Waals surface area contributed by atoms with Crippen LogP contribution in [-0.4, -0.2) is 10.5 Å². The van der Waals surface area contributed by atoms with E-state index in [4.69, 9.17) is 0 Å². The number of fused-ring (bicyclic) bond motifs is 1. The van der Waals surface area contributed by atoms with Gasteiger partial charge in [0.15, 0.2) is 0 Å². The van der Waals surface area contributed by atoms with E-state index in [1.54, 1.807) is 0 Å². The van der Waals surface area contributed by atoms with Gasteiger partial charge >= 0.3 is 0 Å². The number of anilines is 1. The topological polar surface area (TPSA) is 34.0 Å². The molecule has 1 N–H and O–H groups in total. The zero-order chi connectivity index (χ0) is 17.4. The Labute approximate surface area is 143 Å². The van der Waals surface area contributed by atoms with E-state index < -0.39 is 0 Å². The molecule has 0 aliphatic rings. The van der Waals surface area contributed by atoms with E-state index in [-0.39, 0.29) is 5.91 Å². The summed E-state index contributed by atoms with van der Waals surface area (Å²) in [6, 6.07) is 12.4. The number of para-hydroxylation sites is 1. The molecule has 3 rings (SSSR count). The van der Waals surface area contributed by atoms with E-state index in [1.165, 1.54) is 5.56 Å². The minimum atomic E-state index is -0.0411. The number of hydrogen-bond acceptors (Lipinski definition) is 1. The molecule has 0 aliphatic carbocycles. The smallest absolute Gasteiger partial charge is 0.272 e. The van der Waals surface area contributed by atoms with Crippen molar-refractivity contribution < 1.29 is 4.79 Å². The highest BCUT2D eigenvalue weighted by Gasteiger charge is 2.20. The Morgan fingerprint density at radius 3 is 2.29 bits per heavy atom. The summed E-state index contributed by atoms with van der Waals surface area (Å²) >= 11 is 0. The zero-order valence-corrected chi connectivity index (χ0v) is 15.0. The van der Waals surface area contributed by atoms with Gasteiger partial charge in [-0.15, -0.1) is 0 Å². The minimum absolute atomic E-state index is 0.0411. The van der Waals surface area contributed by atoms with Gasteiger partial charge in [0.2, 0.25) is 0 Å². The van der Waals surface area contributed by atoms with Crippen molar-refractivity contribution >= 4 is 22.5 Å². The molecule has 1 amide bonds. The molecule has 0 spiro atoms. The normalized spacial score (nSPS) is 11.0. The standard InChI is InChI=1S/C21H24N2O/c1-6-23-18-10-8-7-9-17(18)16(5)20(23)21(24)22-19-14(3)11-13(2)12-15(19)4/h7-12H,6H2,1-5H3,(H,22,24). The van der Waals surface area contributed by atoms with E-state index in [0.717, 1.165) is 45.5 Å². The first-order chi connectivity index (χ1) is 11.4. The molecule has 1 aromatic heterocycles. The molecule has 3 heteroatoms. The third-order valence-corrected chi connectivity index (χ3v) is 4.67. The average molecular weight is 320 g/mol. The second-order valence-electron chi connectivity index (χ2n) is 6.46. The predicted molar refractivity (Wildman–Crippen MR) is 101 cm³/mol. The first kappa shape index (κ1) is 16.3. The Kier molecular flexibility index (Phi) is 4.18. The molecular formula is C21H24N2O. The maximum absolute atomic E-state index is 13.0. The second kappa shape index (κ2) is 6.16. The molecule has 1 heterocycles. The number of carbonyl (C=O) groups excluding carboxylic acids is 1. The van der Waals surface area contributed by atoms with Gasteiger partial charge in [-0.1, -0.05) is 35.9 Å². The van der Waals surface area contributed by atoms with Crippen molar-refractivity contribution in [3.8, 4) is 0 Å². The van der Waals surface area contributed by atoms with Crippen molar-refractivity contribution in [1.82, 2.24) is 4.57 Å². The number of amides is 1. The van der Waals surface area contributed by atoms with Crippen LogP contribution in [0.4, 0.5) is 5.69 Å². The third kappa shape index (κ3) is 2.60. The van der Waals surface area contributed by atoms with Gasteiger partial charge in [0.25, 0.3) is 5.91 Å². The van der Waals surface area contributed by atoms with E-state index in [9.17, 15) is 4.79 Å². The zero-order valence-electron chi connectivity index (χ0n) is 15.0. The summed E-state index contributed by atoms with van der Waals surface area (Å²) in [5, 5.41) is 4.28. The quantitative estimate of drug-likeness (QED) is 0.711. The SMILES string of the molecule is CCn1c(C(=O)Nc2c(C)cc(C)cc2C)c(C)c2ccccc21.